The van der Waals surface area contributed by atoms with Crippen LogP contribution in [0.5, 0.6) is 0 Å². The lowest BCUT2D eigenvalue weighted by atomic mass is 9.92. The Hall–Kier alpha value is -2.57. The average molecular weight is 271 g/mol. The summed E-state index contributed by atoms with van der Waals surface area (Å²) in [6.07, 6.45) is 1.16. The van der Waals surface area contributed by atoms with Gasteiger partial charge in [-0.15, -0.1) is 5.10 Å². The number of fused-ring (bicyclic) bond motifs is 2. The zero-order chi connectivity index (χ0) is 14.4. The van der Waals surface area contributed by atoms with Crippen LogP contribution in [-0.2, 0) is 12.8 Å². The molecule has 1 aliphatic carbocycles. The van der Waals surface area contributed by atoms with Crippen molar-refractivity contribution in [1.29, 1.82) is 0 Å². The van der Waals surface area contributed by atoms with Crippen molar-refractivity contribution in [3.63, 3.8) is 0 Å². The summed E-state index contributed by atoms with van der Waals surface area (Å²) in [5.74, 6) is -0.676. The summed E-state index contributed by atoms with van der Waals surface area (Å²) in [7, 11) is 0. The minimum atomic E-state index is -0.519. The molecule has 2 bridgehead atoms. The third-order valence-electron chi connectivity index (χ3n) is 3.70. The second kappa shape index (κ2) is 4.22. The van der Waals surface area contributed by atoms with Gasteiger partial charge in [-0.25, -0.2) is 5.10 Å². The number of tetrazole rings is 1. The van der Waals surface area contributed by atoms with E-state index in [1.165, 1.54) is 0 Å². The van der Waals surface area contributed by atoms with Gasteiger partial charge < -0.3 is 5.73 Å². The number of nitrogens with one attached hydrogen (secondary N) is 1. The number of ketones is 2. The molecule has 0 atom stereocenters. The maximum atomic E-state index is 12.3. The number of nitrogens with two attached hydrogens (primary N) is 1. The lowest BCUT2D eigenvalue weighted by molar-refractivity contribution is 0.0825. The Bertz CT molecular complexity index is 734. The molecule has 0 spiro atoms. The Morgan fingerprint density at radius 1 is 1.00 bits per heavy atom. The molecule has 3 N–H and O–H groups in total. The van der Waals surface area contributed by atoms with Gasteiger partial charge in [-0.1, -0.05) is 13.8 Å². The fourth-order valence-electron chi connectivity index (χ4n) is 2.86. The zero-order valence-corrected chi connectivity index (χ0v) is 11.1. The highest BCUT2D eigenvalue weighted by Crippen LogP contribution is 2.41. The second-order valence-electron chi connectivity index (χ2n) is 4.61. The van der Waals surface area contributed by atoms with Gasteiger partial charge in [-0.3, -0.25) is 9.59 Å². The maximum Gasteiger partial charge on any atom is 0.234 e. The van der Waals surface area contributed by atoms with Crippen molar-refractivity contribution in [2.45, 2.75) is 26.7 Å². The van der Waals surface area contributed by atoms with Crippen molar-refractivity contribution in [2.75, 3.05) is 5.73 Å². The van der Waals surface area contributed by atoms with Gasteiger partial charge in [0.1, 0.15) is 0 Å². The highest BCUT2D eigenvalue weighted by atomic mass is 16.2. The minimum absolute atomic E-state index is 0.316. The number of Topliss-reactive ketones (excluding diaryl/α,β-unsaturated/α-hetero) is 2. The van der Waals surface area contributed by atoms with Gasteiger partial charge in [0.2, 0.25) is 11.6 Å². The summed E-state index contributed by atoms with van der Waals surface area (Å²) in [6, 6.07) is 0. The molecule has 1 aromatic heterocycles. The van der Waals surface area contributed by atoms with Gasteiger partial charge in [0, 0.05) is 16.8 Å². The van der Waals surface area contributed by atoms with Crippen LogP contribution in [0.1, 0.15) is 45.7 Å². The van der Waals surface area contributed by atoms with E-state index in [0.717, 1.165) is 5.56 Å². The molecule has 7 heteroatoms. The molecule has 0 radical (unpaired) electrons. The second-order valence-corrected chi connectivity index (χ2v) is 4.61. The fourth-order valence-corrected chi connectivity index (χ4v) is 2.86. The standard InChI is InChI=1S/C13H13N5O2/c1-3-5-7-6(4-2)10(14)9(13-15-17-18-16-13)8(5)12(20)11(7)19/h3-4,14H2,1-2H3,(H,15,16,17,18). The lowest BCUT2D eigenvalue weighted by Crippen LogP contribution is -2.07. The summed E-state index contributed by atoms with van der Waals surface area (Å²) in [5.41, 5.74) is 9.28. The quantitative estimate of drug-likeness (QED) is 0.634. The Morgan fingerprint density at radius 3 is 2.20 bits per heavy atom. The molecule has 1 aliphatic rings. The van der Waals surface area contributed by atoms with Gasteiger partial charge in [0.15, 0.2) is 5.82 Å². The van der Waals surface area contributed by atoms with E-state index in [9.17, 15) is 9.59 Å². The predicted octanol–water partition coefficient (Wildman–Crippen LogP) is 0.953. The molecule has 20 heavy (non-hydrogen) atoms. The predicted molar refractivity (Wildman–Crippen MR) is 71.4 cm³/mol. The highest BCUT2D eigenvalue weighted by Gasteiger charge is 2.39. The molecule has 0 amide bonds. The van der Waals surface area contributed by atoms with Crippen LogP contribution in [0.25, 0.3) is 11.4 Å². The topological polar surface area (TPSA) is 115 Å². The van der Waals surface area contributed by atoms with E-state index < -0.39 is 11.6 Å². The number of aromatic amines is 1. The number of rotatable bonds is 3. The number of carbonyl (C=O) groups is 2. The van der Waals surface area contributed by atoms with Crippen LogP contribution in [0.2, 0.25) is 0 Å². The van der Waals surface area contributed by atoms with Gasteiger partial charge in [0.25, 0.3) is 0 Å². The molecule has 0 saturated carbocycles. The number of hydrogen-bond donors (Lipinski definition) is 2. The molecule has 1 heterocycles. The number of aromatic nitrogens is 4. The first-order chi connectivity index (χ1) is 9.61. The minimum Gasteiger partial charge on any atom is -0.398 e. The van der Waals surface area contributed by atoms with E-state index in [1.54, 1.807) is 0 Å². The number of nitrogens with zero attached hydrogens (tertiary/aromatic N) is 3. The first kappa shape index (κ1) is 12.5. The van der Waals surface area contributed by atoms with Crippen molar-refractivity contribution in [1.82, 2.24) is 20.6 Å². The van der Waals surface area contributed by atoms with E-state index >= 15 is 0 Å². The number of hydrogen-bond acceptors (Lipinski definition) is 6. The molecule has 1 aromatic carbocycles. The highest BCUT2D eigenvalue weighted by molar-refractivity contribution is 6.55. The number of nitrogen functional groups attached to an aromatic ring is 1. The van der Waals surface area contributed by atoms with Gasteiger partial charge in [0.05, 0.1) is 5.56 Å². The summed E-state index contributed by atoms with van der Waals surface area (Å²) in [5, 5.41) is 13.5. The van der Waals surface area contributed by atoms with Crippen molar-refractivity contribution in [3.8, 4) is 11.4 Å². The molecule has 102 valence electrons. The molecule has 3 rings (SSSR count). The third-order valence-corrected chi connectivity index (χ3v) is 3.70. The van der Waals surface area contributed by atoms with E-state index in [4.69, 9.17) is 5.73 Å². The largest absolute Gasteiger partial charge is 0.398 e. The van der Waals surface area contributed by atoms with Crippen molar-refractivity contribution in [3.05, 3.63) is 22.3 Å². The third kappa shape index (κ3) is 1.37. The molecular formula is C13H13N5O2. The molecular weight excluding hydrogens is 258 g/mol. The van der Waals surface area contributed by atoms with Crippen LogP contribution in [0, 0.1) is 0 Å². The normalized spacial score (nSPS) is 13.3. The van der Waals surface area contributed by atoms with Crippen LogP contribution in [0.3, 0.4) is 0 Å². The Morgan fingerprint density at radius 2 is 1.65 bits per heavy atom. The summed E-state index contributed by atoms with van der Waals surface area (Å²) >= 11 is 0. The Balaban J connectivity index is 2.46. The number of H-pyrrole nitrogens is 1. The monoisotopic (exact) mass is 271 g/mol. The van der Waals surface area contributed by atoms with Crippen LogP contribution in [-0.4, -0.2) is 32.2 Å². The van der Waals surface area contributed by atoms with Crippen LogP contribution in [0.4, 0.5) is 5.69 Å². The summed E-state index contributed by atoms with van der Waals surface area (Å²) < 4.78 is 0. The molecule has 7 nitrogen and oxygen atoms in total. The summed E-state index contributed by atoms with van der Waals surface area (Å²) in [6.45, 7) is 3.81. The molecule has 0 unspecified atom stereocenters. The average Bonchev–Trinajstić information content (AvgIpc) is 3.03. The van der Waals surface area contributed by atoms with Crippen molar-refractivity contribution >= 4 is 17.3 Å². The molecule has 0 aliphatic heterocycles. The SMILES string of the molecule is CCc1c(N)c(-c2nnn[nH]2)c2c(CC)c1C(=O)C2=O. The number of carbonyl (C=O) groups excluding carboxylic acids is 2. The molecule has 0 saturated heterocycles. The van der Waals surface area contributed by atoms with Crippen LogP contribution >= 0.6 is 0 Å². The van der Waals surface area contributed by atoms with Crippen LogP contribution in [0.15, 0.2) is 0 Å². The van der Waals surface area contributed by atoms with Crippen LogP contribution < -0.4 is 5.73 Å². The first-order valence-corrected chi connectivity index (χ1v) is 6.42. The maximum absolute atomic E-state index is 12.3. The molecule has 2 aromatic rings. The van der Waals surface area contributed by atoms with Crippen molar-refractivity contribution in [2.24, 2.45) is 0 Å². The Labute approximate surface area is 114 Å². The lowest BCUT2D eigenvalue weighted by Gasteiger charge is -2.13. The van der Waals surface area contributed by atoms with E-state index in [2.05, 4.69) is 20.6 Å². The smallest absolute Gasteiger partial charge is 0.234 e. The first-order valence-electron chi connectivity index (χ1n) is 6.42. The van der Waals surface area contributed by atoms with E-state index in [-0.39, 0.29) is 0 Å². The van der Waals surface area contributed by atoms with Crippen molar-refractivity contribution < 1.29 is 9.59 Å². The van der Waals surface area contributed by atoms with E-state index in [0.29, 0.717) is 46.6 Å². The van der Waals surface area contributed by atoms with Gasteiger partial charge in [-0.2, -0.15) is 0 Å². The fraction of sp³-hybridized carbons (Fsp3) is 0.308. The number of anilines is 1. The summed E-state index contributed by atoms with van der Waals surface area (Å²) in [4.78, 5) is 24.4. The Kier molecular flexibility index (Phi) is 2.63. The van der Waals surface area contributed by atoms with Gasteiger partial charge in [-0.05, 0) is 34.4 Å². The molecule has 0 fully saturated rings. The van der Waals surface area contributed by atoms with Gasteiger partial charge >= 0.3 is 0 Å². The van der Waals surface area contributed by atoms with E-state index in [1.807, 2.05) is 13.8 Å². The zero-order valence-electron chi connectivity index (χ0n) is 11.1. The number of benzene rings is 1.